The number of carbonyl (C=O) groups is 2. The van der Waals surface area contributed by atoms with Crippen molar-refractivity contribution in [3.05, 3.63) is 288 Å². The number of aliphatic hydroxyl groups excluding tert-OH is 6. The average molecular weight is 1230 g/mol. The summed E-state index contributed by atoms with van der Waals surface area (Å²) in [6, 6.07) is 60.5. The van der Waals surface area contributed by atoms with Crippen LogP contribution < -0.4 is 15.5 Å². The third kappa shape index (κ3) is 19.1. The maximum absolute atomic E-state index is 12.7. The van der Waals surface area contributed by atoms with Gasteiger partial charge in [0.2, 0.25) is 0 Å². The number of hydrogen-bond acceptors (Lipinski definition) is 11. The molecule has 7 aromatic carbocycles. The highest BCUT2D eigenvalue weighted by molar-refractivity contribution is 6.30. The van der Waals surface area contributed by atoms with Crippen LogP contribution in [0, 0.1) is 20.8 Å². The smallest absolute Gasteiger partial charge is 0.252 e. The summed E-state index contributed by atoms with van der Waals surface area (Å²) < 4.78 is 10.5. The molecule has 2 heterocycles. The summed E-state index contributed by atoms with van der Waals surface area (Å²) in [4.78, 5) is 27.4. The predicted octanol–water partition coefficient (Wildman–Crippen LogP) is 13.2. The van der Waals surface area contributed by atoms with E-state index in [2.05, 4.69) is 120 Å². The van der Waals surface area contributed by atoms with E-state index in [-0.39, 0.29) is 75.1 Å². The van der Waals surface area contributed by atoms with Crippen molar-refractivity contribution < 1.29 is 49.1 Å². The first-order chi connectivity index (χ1) is 42.8. The number of nitrogens with zero attached hydrogens (tertiary/aromatic N) is 1. The quantitative estimate of drug-likeness (QED) is 0.0227. The Morgan fingerprint density at radius 2 is 0.750 bits per heavy atom. The van der Waals surface area contributed by atoms with Crippen LogP contribution in [-0.2, 0) is 13.1 Å². The third-order valence-electron chi connectivity index (χ3n) is 15.7. The molecule has 0 spiro atoms. The summed E-state index contributed by atoms with van der Waals surface area (Å²) in [5, 5.41) is 63.2. The molecule has 88 heavy (non-hydrogen) atoms. The molecule has 0 aliphatic carbocycles. The Morgan fingerprint density at radius 3 is 1.08 bits per heavy atom. The Hall–Kier alpha value is -7.82. The second kappa shape index (κ2) is 35.2. The first-order valence-corrected chi connectivity index (χ1v) is 30.5. The topological polar surface area (TPSA) is 209 Å². The molecule has 2 aromatic heterocycles. The summed E-state index contributed by atoms with van der Waals surface area (Å²) in [6.45, 7) is 7.61. The molecule has 0 radical (unpaired) electrons. The van der Waals surface area contributed by atoms with Gasteiger partial charge in [0, 0.05) is 78.2 Å². The van der Waals surface area contributed by atoms with Gasteiger partial charge in [0.05, 0.1) is 38.8 Å². The molecule has 1 unspecified atom stereocenters. The minimum absolute atomic E-state index is 0.0173. The van der Waals surface area contributed by atoms with Gasteiger partial charge < -0.3 is 55.0 Å². The SMILES string of the molecule is Cc1cc(C)c(C(=O)NCc2ccco2)c(C)c1C(=O)NCc1ccco1.OCCC(CCO)c1ccc(C(c2ccc(Cl)cc2)c2ccc(C(CCO)CCO)cc2)cc1.OCCN(CCO)c1ccc(C(c2ccccc2)c2ccc(Cl)cc2)cc1. The molecule has 0 aliphatic rings. The number of aliphatic hydroxyl groups is 6. The van der Waals surface area contributed by atoms with Crippen molar-refractivity contribution in [3.63, 3.8) is 0 Å². The Labute approximate surface area is 526 Å². The predicted molar refractivity (Wildman–Crippen MR) is 350 cm³/mol. The lowest BCUT2D eigenvalue weighted by Crippen LogP contribution is -2.29. The summed E-state index contributed by atoms with van der Waals surface area (Å²) in [5.74, 6) is 1.26. The molecule has 15 heteroatoms. The molecule has 1 atom stereocenters. The standard InChI is InChI=1S/C29H35ClO4.C23H24ClNO2.C21H22N2O4/c30-28-11-9-27(10-12-28)29(25-5-1-21(2-6-25)23(13-17-31)14-18-32)26-7-3-22(4-8-26)24(15-19-33)16-20-34;24-21-10-6-19(7-11-21)23(18-4-2-1-3-5-18)20-8-12-22(13-9-20)25(14-16-26)15-17-27;1-13-10-14(2)19(21(25)23-12-17-7-5-9-27-17)15(3)18(13)20(24)22-11-16-6-4-8-26-16/h1-12,23-24,29,31-34H,13-20H2;1-13,23,26-27H,14-17H2;4-10H,11-12H2,1-3H3,(H,22,24)(H,23,25). The lowest BCUT2D eigenvalue weighted by molar-refractivity contribution is 0.0946. The van der Waals surface area contributed by atoms with E-state index in [0.717, 1.165) is 49.7 Å². The van der Waals surface area contributed by atoms with Crippen LogP contribution in [-0.4, -0.2) is 95.2 Å². The molecule has 462 valence electrons. The van der Waals surface area contributed by atoms with Crippen LogP contribution >= 0.6 is 23.2 Å². The highest BCUT2D eigenvalue weighted by atomic mass is 35.5. The van der Waals surface area contributed by atoms with Crippen LogP contribution in [0.1, 0.15) is 143 Å². The van der Waals surface area contributed by atoms with Gasteiger partial charge in [-0.3, -0.25) is 9.59 Å². The number of rotatable bonds is 27. The van der Waals surface area contributed by atoms with Crippen LogP contribution in [0.5, 0.6) is 0 Å². The van der Waals surface area contributed by atoms with E-state index in [9.17, 15) is 40.2 Å². The second-order valence-electron chi connectivity index (χ2n) is 21.6. The molecule has 0 fully saturated rings. The lowest BCUT2D eigenvalue weighted by atomic mass is 9.82. The minimum Gasteiger partial charge on any atom is -0.467 e. The lowest BCUT2D eigenvalue weighted by Gasteiger charge is -2.24. The van der Waals surface area contributed by atoms with Crippen molar-refractivity contribution in [1.29, 1.82) is 0 Å². The van der Waals surface area contributed by atoms with E-state index in [0.29, 0.717) is 85.1 Å². The summed E-state index contributed by atoms with van der Waals surface area (Å²) in [6.07, 6.45) is 5.64. The molecule has 8 N–H and O–H groups in total. The fourth-order valence-corrected chi connectivity index (χ4v) is 11.6. The fraction of sp³-hybridized carbons (Fsp3) is 0.288. The second-order valence-corrected chi connectivity index (χ2v) is 22.5. The number of carbonyl (C=O) groups excluding carboxylic acids is 2. The third-order valence-corrected chi connectivity index (χ3v) is 16.2. The molecule has 2 amide bonds. The van der Waals surface area contributed by atoms with E-state index in [1.165, 1.54) is 16.7 Å². The van der Waals surface area contributed by atoms with Gasteiger partial charge in [0.1, 0.15) is 11.5 Å². The van der Waals surface area contributed by atoms with Crippen LogP contribution in [0.3, 0.4) is 0 Å². The zero-order valence-corrected chi connectivity index (χ0v) is 51.7. The number of halogens is 2. The van der Waals surface area contributed by atoms with Gasteiger partial charge in [-0.1, -0.05) is 145 Å². The number of anilines is 1. The van der Waals surface area contributed by atoms with Crippen molar-refractivity contribution in [2.75, 3.05) is 57.6 Å². The number of nitrogens with one attached hydrogen (secondary N) is 2. The largest absolute Gasteiger partial charge is 0.467 e. The van der Waals surface area contributed by atoms with Crippen molar-refractivity contribution in [3.8, 4) is 0 Å². The van der Waals surface area contributed by atoms with Crippen LogP contribution in [0.15, 0.2) is 203 Å². The van der Waals surface area contributed by atoms with Crippen molar-refractivity contribution >= 4 is 40.7 Å². The average Bonchev–Trinajstić information content (AvgIpc) is 1.69. The Morgan fingerprint density at radius 1 is 0.420 bits per heavy atom. The van der Waals surface area contributed by atoms with Gasteiger partial charge in [0.25, 0.3) is 11.8 Å². The number of benzene rings is 7. The van der Waals surface area contributed by atoms with Gasteiger partial charge in [-0.15, -0.1) is 0 Å². The van der Waals surface area contributed by atoms with E-state index in [1.54, 1.807) is 43.7 Å². The molecule has 9 aromatic rings. The molecule has 9 rings (SSSR count). The van der Waals surface area contributed by atoms with Crippen molar-refractivity contribution in [2.24, 2.45) is 0 Å². The Bertz CT molecular complexity index is 3320. The number of hydrogen-bond donors (Lipinski definition) is 8. The van der Waals surface area contributed by atoms with Crippen molar-refractivity contribution in [2.45, 2.75) is 83.2 Å². The van der Waals surface area contributed by atoms with Crippen molar-refractivity contribution in [1.82, 2.24) is 10.6 Å². The van der Waals surface area contributed by atoms with Gasteiger partial charge in [-0.05, 0) is 180 Å². The molecule has 0 aliphatic heterocycles. The first kappa shape index (κ1) is 67.7. The molecule has 0 saturated heterocycles. The molecular formula is C73H81Cl2N3O10. The summed E-state index contributed by atoms with van der Waals surface area (Å²) >= 11 is 12.2. The first-order valence-electron chi connectivity index (χ1n) is 29.8. The van der Waals surface area contributed by atoms with Crippen LogP contribution in [0.2, 0.25) is 10.0 Å². The van der Waals surface area contributed by atoms with E-state index >= 15 is 0 Å². The molecular weight excluding hydrogens is 1150 g/mol. The zero-order chi connectivity index (χ0) is 62.8. The van der Waals surface area contributed by atoms with E-state index in [1.807, 2.05) is 67.3 Å². The van der Waals surface area contributed by atoms with Crippen LogP contribution in [0.4, 0.5) is 5.69 Å². The van der Waals surface area contributed by atoms with Gasteiger partial charge >= 0.3 is 0 Å². The Kier molecular flexibility index (Phi) is 27.1. The van der Waals surface area contributed by atoms with E-state index < -0.39 is 0 Å². The van der Waals surface area contributed by atoms with Gasteiger partial charge in [0.15, 0.2) is 0 Å². The molecule has 0 bridgehead atoms. The fourth-order valence-electron chi connectivity index (χ4n) is 11.3. The zero-order valence-electron chi connectivity index (χ0n) is 50.2. The maximum atomic E-state index is 12.7. The van der Waals surface area contributed by atoms with Gasteiger partial charge in [-0.2, -0.15) is 0 Å². The van der Waals surface area contributed by atoms with Gasteiger partial charge in [-0.25, -0.2) is 0 Å². The number of furan rings is 2. The minimum atomic E-state index is -0.235. The van der Waals surface area contributed by atoms with Crippen LogP contribution in [0.25, 0.3) is 0 Å². The van der Waals surface area contributed by atoms with E-state index in [4.69, 9.17) is 32.0 Å². The number of amides is 2. The monoisotopic (exact) mass is 1230 g/mol. The summed E-state index contributed by atoms with van der Waals surface area (Å²) in [5.41, 5.74) is 13.6. The molecule has 0 saturated carbocycles. The highest BCUT2D eigenvalue weighted by Gasteiger charge is 2.24. The highest BCUT2D eigenvalue weighted by Crippen LogP contribution is 2.37. The normalized spacial score (nSPS) is 11.4. The Balaban J connectivity index is 0.000000190. The molecule has 13 nitrogen and oxygen atoms in total. The maximum Gasteiger partial charge on any atom is 0.252 e. The summed E-state index contributed by atoms with van der Waals surface area (Å²) in [7, 11) is 0. The number of aryl methyl sites for hydroxylation is 2.